The van der Waals surface area contributed by atoms with E-state index in [1.165, 1.54) is 23.2 Å². The molecule has 1 aliphatic carbocycles. The second-order valence-electron chi connectivity index (χ2n) is 7.24. The summed E-state index contributed by atoms with van der Waals surface area (Å²) in [5, 5.41) is 9.91. The van der Waals surface area contributed by atoms with Crippen LogP contribution in [0, 0.1) is 5.92 Å². The Hall–Kier alpha value is -2.16. The molecule has 2 aliphatic heterocycles. The van der Waals surface area contributed by atoms with Crippen LogP contribution in [0.15, 0.2) is 18.3 Å². The molecule has 0 aromatic carbocycles. The monoisotopic (exact) mass is 379 g/mol. The first-order chi connectivity index (χ1) is 12.4. The van der Waals surface area contributed by atoms with Crippen LogP contribution in [-0.2, 0) is 14.6 Å². The average molecular weight is 379 g/mol. The number of nitrogens with zero attached hydrogens (tertiary/aromatic N) is 3. The van der Waals surface area contributed by atoms with E-state index in [9.17, 15) is 23.1 Å². The molecule has 9 heteroatoms. The first kappa shape index (κ1) is 17.3. The zero-order valence-corrected chi connectivity index (χ0v) is 15.1. The van der Waals surface area contributed by atoms with Gasteiger partial charge in [-0.05, 0) is 25.0 Å². The van der Waals surface area contributed by atoms with Gasteiger partial charge in [-0.2, -0.15) is 0 Å². The summed E-state index contributed by atoms with van der Waals surface area (Å²) in [6.45, 7) is 0.551. The molecule has 2 saturated heterocycles. The molecular formula is C17H21N3O5S. The Balaban J connectivity index is 1.62. The zero-order valence-electron chi connectivity index (χ0n) is 14.2. The van der Waals surface area contributed by atoms with E-state index in [2.05, 4.69) is 4.98 Å². The van der Waals surface area contributed by atoms with Crippen LogP contribution >= 0.6 is 0 Å². The maximum Gasteiger partial charge on any atom is 0.276 e. The largest absolute Gasteiger partial charge is 0.505 e. The van der Waals surface area contributed by atoms with E-state index in [1.54, 1.807) is 4.90 Å². The molecule has 0 spiro atoms. The van der Waals surface area contributed by atoms with E-state index >= 15 is 0 Å². The minimum Gasteiger partial charge on any atom is -0.505 e. The van der Waals surface area contributed by atoms with Crippen molar-refractivity contribution in [1.29, 1.82) is 0 Å². The molecule has 1 N–H and O–H groups in total. The van der Waals surface area contributed by atoms with Crippen molar-refractivity contribution in [3.8, 4) is 5.75 Å². The van der Waals surface area contributed by atoms with Crippen LogP contribution in [0.25, 0.3) is 0 Å². The molecule has 1 saturated carbocycles. The van der Waals surface area contributed by atoms with Gasteiger partial charge >= 0.3 is 0 Å². The standard InChI is InChI=1S/C17H21N3O5S/c21-14-5-2-6-18-15(14)17(23)20-8-7-19(16(22)11-3-1-4-11)12-9-26(24,25)10-13(12)20/h2,5-6,11-13,21H,1,3-4,7-10H2/t12-,13+/m1/s1. The lowest BCUT2D eigenvalue weighted by molar-refractivity contribution is -0.143. The van der Waals surface area contributed by atoms with Crippen molar-refractivity contribution in [2.75, 3.05) is 24.6 Å². The first-order valence-electron chi connectivity index (χ1n) is 8.83. The quantitative estimate of drug-likeness (QED) is 0.777. The molecule has 2 atom stereocenters. The molecule has 1 aromatic heterocycles. The van der Waals surface area contributed by atoms with Crippen molar-refractivity contribution >= 4 is 21.7 Å². The Bertz CT molecular complexity index is 852. The molecule has 8 nitrogen and oxygen atoms in total. The summed E-state index contributed by atoms with van der Waals surface area (Å²) in [7, 11) is -3.34. The van der Waals surface area contributed by atoms with Gasteiger partial charge < -0.3 is 14.9 Å². The number of aromatic hydroxyl groups is 1. The summed E-state index contributed by atoms with van der Waals surface area (Å²) >= 11 is 0. The second-order valence-corrected chi connectivity index (χ2v) is 9.39. The highest BCUT2D eigenvalue weighted by atomic mass is 32.2. The molecule has 2 amide bonds. The molecule has 140 valence electrons. The number of piperazine rings is 1. The number of amides is 2. The minimum atomic E-state index is -3.34. The van der Waals surface area contributed by atoms with Crippen LogP contribution in [0.1, 0.15) is 29.8 Å². The van der Waals surface area contributed by atoms with E-state index in [-0.39, 0.29) is 41.3 Å². The number of carbonyl (C=O) groups excluding carboxylic acids is 2. The maximum absolute atomic E-state index is 12.9. The number of fused-ring (bicyclic) bond motifs is 1. The Morgan fingerprint density at radius 1 is 1.12 bits per heavy atom. The van der Waals surface area contributed by atoms with Crippen LogP contribution in [0.4, 0.5) is 0 Å². The highest BCUT2D eigenvalue weighted by Gasteiger charge is 2.50. The third-order valence-corrected chi connectivity index (χ3v) is 7.36. The van der Waals surface area contributed by atoms with E-state index < -0.39 is 27.8 Å². The lowest BCUT2D eigenvalue weighted by Gasteiger charge is -2.45. The highest BCUT2D eigenvalue weighted by molar-refractivity contribution is 7.91. The Labute approximate surface area is 151 Å². The number of hydrogen-bond acceptors (Lipinski definition) is 6. The molecule has 0 bridgehead atoms. The van der Waals surface area contributed by atoms with Crippen LogP contribution in [0.5, 0.6) is 5.75 Å². The van der Waals surface area contributed by atoms with Gasteiger partial charge in [-0.15, -0.1) is 0 Å². The minimum absolute atomic E-state index is 0.0103. The molecular weight excluding hydrogens is 358 g/mol. The maximum atomic E-state index is 12.9. The average Bonchev–Trinajstić information content (AvgIpc) is 2.86. The summed E-state index contributed by atoms with van der Waals surface area (Å²) in [5.41, 5.74) is -0.0886. The fraction of sp³-hybridized carbons (Fsp3) is 0.588. The number of sulfone groups is 1. The van der Waals surface area contributed by atoms with Gasteiger partial charge in [0.1, 0.15) is 5.75 Å². The van der Waals surface area contributed by atoms with Gasteiger partial charge in [0.15, 0.2) is 15.5 Å². The third-order valence-electron chi connectivity index (χ3n) is 5.66. The van der Waals surface area contributed by atoms with Gasteiger partial charge in [0.05, 0.1) is 23.6 Å². The van der Waals surface area contributed by atoms with Crippen molar-refractivity contribution in [3.63, 3.8) is 0 Å². The van der Waals surface area contributed by atoms with Gasteiger partial charge in [-0.3, -0.25) is 9.59 Å². The van der Waals surface area contributed by atoms with Crippen LogP contribution < -0.4 is 0 Å². The van der Waals surface area contributed by atoms with E-state index in [0.717, 1.165) is 19.3 Å². The number of pyridine rings is 1. The number of carbonyl (C=O) groups is 2. The summed E-state index contributed by atoms with van der Waals surface area (Å²) in [6.07, 6.45) is 4.14. The van der Waals surface area contributed by atoms with E-state index in [0.29, 0.717) is 6.54 Å². The van der Waals surface area contributed by atoms with Crippen LogP contribution in [0.3, 0.4) is 0 Å². The van der Waals surface area contributed by atoms with Crippen molar-refractivity contribution in [3.05, 3.63) is 24.0 Å². The predicted molar refractivity (Wildman–Crippen MR) is 92.2 cm³/mol. The molecule has 3 aliphatic rings. The molecule has 0 unspecified atom stereocenters. The van der Waals surface area contributed by atoms with Crippen molar-refractivity contribution in [2.45, 2.75) is 31.3 Å². The fourth-order valence-electron chi connectivity index (χ4n) is 4.07. The van der Waals surface area contributed by atoms with Gasteiger partial charge in [0.25, 0.3) is 5.91 Å². The predicted octanol–water partition coefficient (Wildman–Crippen LogP) is 0.0373. The second kappa shape index (κ2) is 6.22. The van der Waals surface area contributed by atoms with Gasteiger partial charge in [-0.1, -0.05) is 6.42 Å². The Morgan fingerprint density at radius 3 is 2.38 bits per heavy atom. The SMILES string of the molecule is O=C(C1CCC1)N1CCN(C(=O)c2ncccc2O)[C@H]2CS(=O)(=O)C[C@H]21. The number of aromatic nitrogens is 1. The summed E-state index contributed by atoms with van der Waals surface area (Å²) in [6, 6.07) is 1.78. The highest BCUT2D eigenvalue weighted by Crippen LogP contribution is 2.34. The van der Waals surface area contributed by atoms with Crippen LogP contribution in [-0.4, -0.2) is 76.8 Å². The Kier molecular flexibility index (Phi) is 4.13. The molecule has 1 aromatic rings. The first-order valence-corrected chi connectivity index (χ1v) is 10.7. The molecule has 3 fully saturated rings. The van der Waals surface area contributed by atoms with Crippen molar-refractivity contribution in [1.82, 2.24) is 14.8 Å². The van der Waals surface area contributed by atoms with E-state index in [4.69, 9.17) is 0 Å². The molecule has 0 radical (unpaired) electrons. The lowest BCUT2D eigenvalue weighted by Crippen LogP contribution is -2.63. The smallest absolute Gasteiger partial charge is 0.276 e. The zero-order chi connectivity index (χ0) is 18.5. The number of rotatable bonds is 2. The van der Waals surface area contributed by atoms with Gasteiger partial charge in [0, 0.05) is 25.2 Å². The molecule has 3 heterocycles. The summed E-state index contributed by atoms with van der Waals surface area (Å²) in [4.78, 5) is 32.6. The van der Waals surface area contributed by atoms with E-state index in [1.807, 2.05) is 0 Å². The summed E-state index contributed by atoms with van der Waals surface area (Å²) < 4.78 is 24.5. The third kappa shape index (κ3) is 2.84. The molecule has 26 heavy (non-hydrogen) atoms. The molecule has 4 rings (SSSR count). The topological polar surface area (TPSA) is 108 Å². The van der Waals surface area contributed by atoms with Crippen molar-refractivity contribution in [2.24, 2.45) is 5.92 Å². The van der Waals surface area contributed by atoms with Gasteiger partial charge in [0.2, 0.25) is 5.91 Å². The van der Waals surface area contributed by atoms with Crippen LogP contribution in [0.2, 0.25) is 0 Å². The lowest BCUT2D eigenvalue weighted by atomic mass is 9.83. The van der Waals surface area contributed by atoms with Crippen molar-refractivity contribution < 1.29 is 23.1 Å². The normalized spacial score (nSPS) is 27.7. The van der Waals surface area contributed by atoms with Gasteiger partial charge in [-0.25, -0.2) is 13.4 Å². The fourth-order valence-corrected chi connectivity index (χ4v) is 6.05. The number of hydrogen-bond donors (Lipinski definition) is 1. The summed E-state index contributed by atoms with van der Waals surface area (Å²) in [5.74, 6) is -1.01. The Morgan fingerprint density at radius 2 is 1.77 bits per heavy atom.